The summed E-state index contributed by atoms with van der Waals surface area (Å²) in [6.45, 7) is 1.96. The highest BCUT2D eigenvalue weighted by Crippen LogP contribution is 2.41. The zero-order chi connectivity index (χ0) is 12.5. The summed E-state index contributed by atoms with van der Waals surface area (Å²) in [5.41, 5.74) is 2.31. The molecule has 1 aromatic heterocycles. The number of halogens is 2. The lowest BCUT2D eigenvalue weighted by molar-refractivity contribution is 0.215. The van der Waals surface area contributed by atoms with Crippen molar-refractivity contribution >= 4 is 23.2 Å². The van der Waals surface area contributed by atoms with Crippen LogP contribution in [0.1, 0.15) is 43.5 Å². The number of aryl methyl sites for hydroxylation is 2. The first kappa shape index (κ1) is 13.2. The first-order valence-corrected chi connectivity index (χ1v) is 7.23. The Hall–Kier alpha value is -0.210. The van der Waals surface area contributed by atoms with Gasteiger partial charge in [-0.25, -0.2) is 0 Å². The molecule has 0 N–H and O–H groups in total. The van der Waals surface area contributed by atoms with Crippen molar-refractivity contribution in [1.82, 2.24) is 9.78 Å². The van der Waals surface area contributed by atoms with Gasteiger partial charge in [-0.15, -0.1) is 11.6 Å². The Labute approximate surface area is 113 Å². The Bertz CT molecular complexity index is 392. The molecule has 0 aromatic carbocycles. The molecule has 4 heteroatoms. The normalized spacial score (nSPS) is 19.5. The Kier molecular flexibility index (Phi) is 4.04. The van der Waals surface area contributed by atoms with Gasteiger partial charge in [0, 0.05) is 12.9 Å². The molecular weight excluding hydrogens is 255 g/mol. The van der Waals surface area contributed by atoms with E-state index in [1.807, 2.05) is 18.7 Å². The van der Waals surface area contributed by atoms with E-state index in [-0.39, 0.29) is 5.41 Å². The molecule has 2 nitrogen and oxygen atoms in total. The van der Waals surface area contributed by atoms with Crippen molar-refractivity contribution in [2.45, 2.75) is 45.4 Å². The van der Waals surface area contributed by atoms with E-state index < -0.39 is 0 Å². The minimum absolute atomic E-state index is 0.240. The predicted octanol–water partition coefficient (Wildman–Crippen LogP) is 4.11. The van der Waals surface area contributed by atoms with Crippen LogP contribution < -0.4 is 0 Å². The third kappa shape index (κ3) is 2.63. The molecule has 1 aliphatic carbocycles. The van der Waals surface area contributed by atoms with Gasteiger partial charge in [0.25, 0.3) is 0 Å². The van der Waals surface area contributed by atoms with Crippen LogP contribution in [-0.4, -0.2) is 15.7 Å². The fourth-order valence-electron chi connectivity index (χ4n) is 2.89. The molecule has 1 saturated carbocycles. The maximum Gasteiger partial charge on any atom is 0.0847 e. The topological polar surface area (TPSA) is 17.8 Å². The molecule has 1 aromatic rings. The second-order valence-corrected chi connectivity index (χ2v) is 5.99. The largest absolute Gasteiger partial charge is 0.271 e. The van der Waals surface area contributed by atoms with Crippen LogP contribution in [0.15, 0.2) is 0 Å². The van der Waals surface area contributed by atoms with Gasteiger partial charge in [0.05, 0.1) is 16.4 Å². The summed E-state index contributed by atoms with van der Waals surface area (Å²) < 4.78 is 1.92. The van der Waals surface area contributed by atoms with E-state index in [9.17, 15) is 0 Å². The van der Waals surface area contributed by atoms with Gasteiger partial charge < -0.3 is 0 Å². The summed E-state index contributed by atoms with van der Waals surface area (Å²) in [6, 6.07) is 0. The van der Waals surface area contributed by atoms with Crippen LogP contribution in [0.5, 0.6) is 0 Å². The maximum atomic E-state index is 6.33. The monoisotopic (exact) mass is 274 g/mol. The zero-order valence-corrected chi connectivity index (χ0v) is 12.1. The standard InChI is InChI=1S/C13H20Cl2N2/c1-10-12(15)11(17(2)16-10)8-13(9-14)6-4-3-5-7-13/h3-9H2,1-2H3. The molecular formula is C13H20Cl2N2. The predicted molar refractivity (Wildman–Crippen MR) is 72.9 cm³/mol. The molecule has 17 heavy (non-hydrogen) atoms. The molecule has 0 unspecified atom stereocenters. The van der Waals surface area contributed by atoms with Gasteiger partial charge in [-0.1, -0.05) is 30.9 Å². The van der Waals surface area contributed by atoms with Crippen LogP contribution in [0, 0.1) is 12.3 Å². The molecule has 1 heterocycles. The molecule has 2 rings (SSSR count). The molecule has 96 valence electrons. The molecule has 0 saturated heterocycles. The van der Waals surface area contributed by atoms with E-state index in [1.54, 1.807) is 0 Å². The fourth-order valence-corrected chi connectivity index (χ4v) is 3.48. The highest BCUT2D eigenvalue weighted by molar-refractivity contribution is 6.31. The van der Waals surface area contributed by atoms with Gasteiger partial charge in [0.1, 0.15) is 0 Å². The summed E-state index contributed by atoms with van der Waals surface area (Å²) in [6.07, 6.45) is 7.33. The third-order valence-electron chi connectivity index (χ3n) is 4.00. The number of aromatic nitrogens is 2. The lowest BCUT2D eigenvalue weighted by atomic mass is 9.72. The first-order chi connectivity index (χ1) is 8.08. The Morgan fingerprint density at radius 1 is 1.29 bits per heavy atom. The SMILES string of the molecule is Cc1nn(C)c(CC2(CCl)CCCCC2)c1Cl. The molecule has 0 aliphatic heterocycles. The lowest BCUT2D eigenvalue weighted by Crippen LogP contribution is -2.29. The summed E-state index contributed by atoms with van der Waals surface area (Å²) in [4.78, 5) is 0. The van der Waals surface area contributed by atoms with Crippen LogP contribution >= 0.6 is 23.2 Å². The van der Waals surface area contributed by atoms with Gasteiger partial charge in [-0.05, 0) is 31.6 Å². The van der Waals surface area contributed by atoms with Gasteiger partial charge >= 0.3 is 0 Å². The molecule has 1 aliphatic rings. The summed E-state index contributed by atoms with van der Waals surface area (Å²) in [7, 11) is 1.97. The highest BCUT2D eigenvalue weighted by atomic mass is 35.5. The second-order valence-electron chi connectivity index (χ2n) is 5.34. The van der Waals surface area contributed by atoms with E-state index >= 15 is 0 Å². The van der Waals surface area contributed by atoms with E-state index in [0.717, 1.165) is 28.7 Å². The molecule has 0 atom stereocenters. The fraction of sp³-hybridized carbons (Fsp3) is 0.769. The van der Waals surface area contributed by atoms with Crippen molar-refractivity contribution in [2.24, 2.45) is 12.5 Å². The molecule has 1 fully saturated rings. The summed E-state index contributed by atoms with van der Waals surface area (Å²) in [5.74, 6) is 0.730. The van der Waals surface area contributed by atoms with Crippen molar-refractivity contribution in [3.8, 4) is 0 Å². The molecule has 0 spiro atoms. The van der Waals surface area contributed by atoms with Crippen LogP contribution in [0.3, 0.4) is 0 Å². The van der Waals surface area contributed by atoms with Crippen LogP contribution in [-0.2, 0) is 13.5 Å². The van der Waals surface area contributed by atoms with E-state index in [0.29, 0.717) is 0 Å². The quantitative estimate of drug-likeness (QED) is 0.759. The number of rotatable bonds is 3. The Morgan fingerprint density at radius 2 is 1.94 bits per heavy atom. The average molecular weight is 275 g/mol. The minimum atomic E-state index is 0.240. The van der Waals surface area contributed by atoms with Crippen LogP contribution in [0.25, 0.3) is 0 Å². The first-order valence-electron chi connectivity index (χ1n) is 6.32. The van der Waals surface area contributed by atoms with Crippen molar-refractivity contribution < 1.29 is 0 Å². The summed E-state index contributed by atoms with van der Waals surface area (Å²) in [5, 5.41) is 5.20. The van der Waals surface area contributed by atoms with Gasteiger partial charge in [0.2, 0.25) is 0 Å². The number of hydrogen-bond acceptors (Lipinski definition) is 1. The van der Waals surface area contributed by atoms with E-state index in [1.165, 1.54) is 32.1 Å². The third-order valence-corrected chi connectivity index (χ3v) is 5.06. The smallest absolute Gasteiger partial charge is 0.0847 e. The lowest BCUT2D eigenvalue weighted by Gasteiger charge is -2.35. The Balaban J connectivity index is 2.23. The number of hydrogen-bond donors (Lipinski definition) is 0. The Morgan fingerprint density at radius 3 is 2.41 bits per heavy atom. The highest BCUT2D eigenvalue weighted by Gasteiger charge is 2.33. The molecule has 0 bridgehead atoms. The molecule has 0 radical (unpaired) electrons. The molecule has 0 amide bonds. The number of alkyl halides is 1. The van der Waals surface area contributed by atoms with Crippen molar-refractivity contribution in [1.29, 1.82) is 0 Å². The average Bonchev–Trinajstić information content (AvgIpc) is 2.57. The minimum Gasteiger partial charge on any atom is -0.271 e. The number of nitrogens with zero attached hydrogens (tertiary/aromatic N) is 2. The van der Waals surface area contributed by atoms with E-state index in [2.05, 4.69) is 5.10 Å². The maximum absolute atomic E-state index is 6.33. The second kappa shape index (κ2) is 5.19. The van der Waals surface area contributed by atoms with Crippen LogP contribution in [0.2, 0.25) is 5.02 Å². The van der Waals surface area contributed by atoms with Gasteiger partial charge in [-0.3, -0.25) is 4.68 Å². The van der Waals surface area contributed by atoms with Gasteiger partial charge in [-0.2, -0.15) is 5.10 Å². The van der Waals surface area contributed by atoms with Gasteiger partial charge in [0.15, 0.2) is 0 Å². The van der Waals surface area contributed by atoms with Crippen molar-refractivity contribution in [2.75, 3.05) is 5.88 Å². The van der Waals surface area contributed by atoms with Crippen LogP contribution in [0.4, 0.5) is 0 Å². The van der Waals surface area contributed by atoms with Crippen molar-refractivity contribution in [3.63, 3.8) is 0 Å². The summed E-state index contributed by atoms with van der Waals surface area (Å²) >= 11 is 12.6. The van der Waals surface area contributed by atoms with Crippen molar-refractivity contribution in [3.05, 3.63) is 16.4 Å². The van der Waals surface area contributed by atoms with E-state index in [4.69, 9.17) is 23.2 Å². The zero-order valence-electron chi connectivity index (χ0n) is 10.6.